The van der Waals surface area contributed by atoms with Crippen LogP contribution in [0.15, 0.2) is 30.7 Å². The Morgan fingerprint density at radius 3 is 2.85 bits per heavy atom. The van der Waals surface area contributed by atoms with E-state index in [-0.39, 0.29) is 16.9 Å². The smallest absolute Gasteiger partial charge is 0.309 e. The molecule has 1 aliphatic heterocycles. The largest absolute Gasteiger partial charge is 0.466 e. The van der Waals surface area contributed by atoms with E-state index in [0.717, 1.165) is 32.5 Å². The quantitative estimate of drug-likeness (QED) is 0.474. The average Bonchev–Trinajstić information content (AvgIpc) is 2.82. The first-order valence-electron chi connectivity index (χ1n) is 10.9. The molecule has 0 radical (unpaired) electrons. The van der Waals surface area contributed by atoms with Crippen molar-refractivity contribution in [1.82, 2.24) is 24.8 Å². The number of benzene rings is 1. The Labute approximate surface area is 195 Å². The fourth-order valence-electron chi connectivity index (χ4n) is 3.72. The molecule has 0 saturated carbocycles. The third-order valence-corrected chi connectivity index (χ3v) is 5.77. The second-order valence-corrected chi connectivity index (χ2v) is 8.11. The number of nitrogens with one attached hydrogen (secondary N) is 2. The number of piperidine rings is 1. The van der Waals surface area contributed by atoms with Gasteiger partial charge < -0.3 is 20.3 Å². The van der Waals surface area contributed by atoms with Crippen LogP contribution in [-0.4, -0.2) is 63.6 Å². The highest BCUT2D eigenvalue weighted by Gasteiger charge is 2.25. The minimum atomic E-state index is -0.492. The molecule has 0 spiro atoms. The van der Waals surface area contributed by atoms with Crippen molar-refractivity contribution in [1.29, 1.82) is 0 Å². The Morgan fingerprint density at radius 1 is 1.27 bits per heavy atom. The Kier molecular flexibility index (Phi) is 7.46. The summed E-state index contributed by atoms with van der Waals surface area (Å²) in [6, 6.07) is 4.34. The topological polar surface area (TPSA) is 105 Å². The highest BCUT2D eigenvalue weighted by Crippen LogP contribution is 2.25. The first-order valence-corrected chi connectivity index (χ1v) is 11.2. The Bertz CT molecular complexity index is 1130. The van der Waals surface area contributed by atoms with Gasteiger partial charge in [0.05, 0.1) is 23.7 Å². The third-order valence-electron chi connectivity index (χ3n) is 5.48. The third kappa shape index (κ3) is 5.82. The summed E-state index contributed by atoms with van der Waals surface area (Å²) in [5.41, 5.74) is 1.69. The van der Waals surface area contributed by atoms with Crippen LogP contribution in [0, 0.1) is 11.7 Å². The number of hydrogen-bond donors (Lipinski definition) is 2. The van der Waals surface area contributed by atoms with Crippen molar-refractivity contribution in [3.63, 3.8) is 0 Å². The maximum absolute atomic E-state index is 13.4. The van der Waals surface area contributed by atoms with E-state index in [2.05, 4.69) is 35.5 Å². The molecule has 11 heteroatoms. The van der Waals surface area contributed by atoms with Crippen molar-refractivity contribution in [2.24, 2.45) is 5.92 Å². The molecule has 0 bridgehead atoms. The zero-order chi connectivity index (χ0) is 23.2. The lowest BCUT2D eigenvalue weighted by Crippen LogP contribution is -2.39. The zero-order valence-corrected chi connectivity index (χ0v) is 19.0. The normalized spacial score (nSPS) is 14.9. The first-order chi connectivity index (χ1) is 16.0. The van der Waals surface area contributed by atoms with Crippen LogP contribution in [0.2, 0.25) is 5.02 Å². The number of likely N-dealkylation sites (tertiary alicyclic amines) is 1. The second kappa shape index (κ2) is 10.7. The molecule has 4 rings (SSSR count). The molecule has 33 heavy (non-hydrogen) atoms. The molecule has 0 amide bonds. The fourth-order valence-corrected chi connectivity index (χ4v) is 3.90. The summed E-state index contributed by atoms with van der Waals surface area (Å²) >= 11 is 5.87. The van der Waals surface area contributed by atoms with E-state index in [9.17, 15) is 9.18 Å². The van der Waals surface area contributed by atoms with Crippen LogP contribution in [0.25, 0.3) is 11.0 Å². The predicted molar refractivity (Wildman–Crippen MR) is 124 cm³/mol. The lowest BCUT2D eigenvalue weighted by molar-refractivity contribution is -0.149. The van der Waals surface area contributed by atoms with Gasteiger partial charge in [-0.2, -0.15) is 0 Å². The monoisotopic (exact) mass is 473 g/mol. The number of carbonyl (C=O) groups excluding carboxylic acids is 1. The molecule has 1 fully saturated rings. The molecule has 0 aliphatic carbocycles. The number of carbonyl (C=O) groups is 1. The number of nitrogens with zero attached hydrogens (tertiary/aromatic N) is 5. The van der Waals surface area contributed by atoms with Crippen LogP contribution in [0.3, 0.4) is 0 Å². The van der Waals surface area contributed by atoms with Crippen LogP contribution in [0.1, 0.15) is 19.8 Å². The molecule has 3 aromatic rings. The molecule has 1 aromatic carbocycles. The van der Waals surface area contributed by atoms with Gasteiger partial charge >= 0.3 is 5.97 Å². The van der Waals surface area contributed by atoms with Gasteiger partial charge in [0, 0.05) is 18.8 Å². The van der Waals surface area contributed by atoms with Crippen LogP contribution < -0.4 is 10.6 Å². The maximum Gasteiger partial charge on any atom is 0.309 e. The molecule has 2 N–H and O–H groups in total. The standard InChI is InChI=1S/C22H25ClFN7O2/c1-2-33-21(32)14-5-8-31(9-6-14)10-7-25-22-26-12-18-19(30-22)20(28-13-27-18)29-15-3-4-17(24)16(23)11-15/h3-4,11-14H,2,5-10H2,1H3,(H,25,26,30)(H,27,28,29). The minimum absolute atomic E-state index is 0.000102. The summed E-state index contributed by atoms with van der Waals surface area (Å²) in [5.74, 6) is 0.344. The second-order valence-electron chi connectivity index (χ2n) is 7.70. The summed E-state index contributed by atoms with van der Waals surface area (Å²) in [6.45, 7) is 5.42. The van der Waals surface area contributed by atoms with E-state index in [0.29, 0.717) is 41.6 Å². The van der Waals surface area contributed by atoms with Crippen LogP contribution >= 0.6 is 11.6 Å². The molecule has 9 nitrogen and oxygen atoms in total. The van der Waals surface area contributed by atoms with E-state index in [1.807, 2.05) is 6.92 Å². The van der Waals surface area contributed by atoms with E-state index in [1.54, 1.807) is 12.3 Å². The molecule has 3 heterocycles. The van der Waals surface area contributed by atoms with E-state index in [1.165, 1.54) is 18.5 Å². The summed E-state index contributed by atoms with van der Waals surface area (Å²) in [4.78, 5) is 31.5. The molecule has 0 unspecified atom stereocenters. The van der Waals surface area contributed by atoms with E-state index >= 15 is 0 Å². The van der Waals surface area contributed by atoms with E-state index < -0.39 is 5.82 Å². The molecule has 1 saturated heterocycles. The molecular weight excluding hydrogens is 449 g/mol. The number of esters is 1. The number of fused-ring (bicyclic) bond motifs is 1. The van der Waals surface area contributed by atoms with Crippen molar-refractivity contribution >= 4 is 46.1 Å². The zero-order valence-electron chi connectivity index (χ0n) is 18.2. The van der Waals surface area contributed by atoms with Gasteiger partial charge in [-0.05, 0) is 51.1 Å². The highest BCUT2D eigenvalue weighted by molar-refractivity contribution is 6.31. The lowest BCUT2D eigenvalue weighted by atomic mass is 9.97. The Balaban J connectivity index is 1.36. The van der Waals surface area contributed by atoms with Gasteiger partial charge in [0.2, 0.25) is 5.95 Å². The van der Waals surface area contributed by atoms with Gasteiger partial charge in [-0.1, -0.05) is 11.6 Å². The summed E-state index contributed by atoms with van der Waals surface area (Å²) in [5, 5.41) is 6.36. The van der Waals surface area contributed by atoms with Crippen LogP contribution in [0.4, 0.5) is 21.8 Å². The number of rotatable bonds is 8. The molecule has 0 atom stereocenters. The van der Waals surface area contributed by atoms with Crippen molar-refractivity contribution in [2.45, 2.75) is 19.8 Å². The highest BCUT2D eigenvalue weighted by atomic mass is 35.5. The van der Waals surface area contributed by atoms with Crippen molar-refractivity contribution in [3.05, 3.63) is 41.6 Å². The lowest BCUT2D eigenvalue weighted by Gasteiger charge is -2.30. The van der Waals surface area contributed by atoms with Crippen molar-refractivity contribution in [3.8, 4) is 0 Å². The van der Waals surface area contributed by atoms with Gasteiger partial charge in [-0.15, -0.1) is 0 Å². The predicted octanol–water partition coefficient (Wildman–Crippen LogP) is 3.64. The molecule has 1 aliphatic rings. The average molecular weight is 474 g/mol. The summed E-state index contributed by atoms with van der Waals surface area (Å²) in [7, 11) is 0. The minimum Gasteiger partial charge on any atom is -0.466 e. The number of aromatic nitrogens is 4. The number of anilines is 3. The molecule has 2 aromatic heterocycles. The summed E-state index contributed by atoms with van der Waals surface area (Å²) < 4.78 is 18.6. The fraction of sp³-hybridized carbons (Fsp3) is 0.409. The van der Waals surface area contributed by atoms with Crippen molar-refractivity contribution < 1.29 is 13.9 Å². The van der Waals surface area contributed by atoms with Gasteiger partial charge in [0.15, 0.2) is 5.82 Å². The summed E-state index contributed by atoms with van der Waals surface area (Å²) in [6.07, 6.45) is 4.66. The SMILES string of the molecule is CCOC(=O)C1CCN(CCNc2ncc3ncnc(Nc4ccc(F)c(Cl)c4)c3n2)CC1. The number of halogens is 2. The van der Waals surface area contributed by atoms with Gasteiger partial charge in [0.1, 0.15) is 23.2 Å². The number of ether oxygens (including phenoxy) is 1. The Hall–Kier alpha value is -3.11. The van der Waals surface area contributed by atoms with Gasteiger partial charge in [-0.3, -0.25) is 4.79 Å². The van der Waals surface area contributed by atoms with Crippen molar-refractivity contribution in [2.75, 3.05) is 43.4 Å². The number of hydrogen-bond acceptors (Lipinski definition) is 9. The molecule has 174 valence electrons. The maximum atomic E-state index is 13.4. The molecular formula is C22H25ClFN7O2. The van der Waals surface area contributed by atoms with E-state index in [4.69, 9.17) is 16.3 Å². The Morgan fingerprint density at radius 2 is 2.09 bits per heavy atom. The van der Waals surface area contributed by atoms with Gasteiger partial charge in [0.25, 0.3) is 0 Å². The van der Waals surface area contributed by atoms with Crippen LogP contribution in [-0.2, 0) is 9.53 Å². The first kappa shape index (κ1) is 23.1. The van der Waals surface area contributed by atoms with Gasteiger partial charge in [-0.25, -0.2) is 24.3 Å². The van der Waals surface area contributed by atoms with Crippen LogP contribution in [0.5, 0.6) is 0 Å².